The maximum Gasteiger partial charge on any atom is 0.337 e. The molecule has 1 heterocycles. The van der Waals surface area contributed by atoms with Crippen molar-refractivity contribution in [3.05, 3.63) is 23.8 Å². The Balaban J connectivity index is 0.000000245. The summed E-state index contributed by atoms with van der Waals surface area (Å²) in [5.74, 6) is 0.289. The Morgan fingerprint density at radius 1 is 1.40 bits per heavy atom. The molecular weight excluding hydrogens is 188 g/mol. The van der Waals surface area contributed by atoms with E-state index in [0.29, 0.717) is 12.5 Å². The Labute approximate surface area is 92.0 Å². The lowest BCUT2D eigenvalue weighted by Gasteiger charge is -2.16. The average molecular weight is 208 g/mol. The Morgan fingerprint density at radius 2 is 2.13 bits per heavy atom. The summed E-state index contributed by atoms with van der Waals surface area (Å²) in [6.07, 6.45) is 10.7. The van der Waals surface area contributed by atoms with E-state index < -0.39 is 0 Å². The van der Waals surface area contributed by atoms with Crippen LogP contribution < -0.4 is 0 Å². The highest BCUT2D eigenvalue weighted by atomic mass is 16.5. The summed E-state index contributed by atoms with van der Waals surface area (Å²) in [4.78, 5) is 11.0. The van der Waals surface area contributed by atoms with Crippen molar-refractivity contribution in [3.63, 3.8) is 0 Å². The maximum absolute atomic E-state index is 11.0. The second-order valence-corrected chi connectivity index (χ2v) is 3.96. The topological polar surface area (TPSA) is 26.3 Å². The van der Waals surface area contributed by atoms with Gasteiger partial charge in [0, 0.05) is 5.92 Å². The summed E-state index contributed by atoms with van der Waals surface area (Å²) in [5, 5.41) is 0. The van der Waals surface area contributed by atoms with Gasteiger partial charge >= 0.3 is 5.97 Å². The highest BCUT2D eigenvalue weighted by Crippen LogP contribution is 2.22. The monoisotopic (exact) mass is 208 g/mol. The molecule has 0 N–H and O–H groups in total. The highest BCUT2D eigenvalue weighted by Gasteiger charge is 2.20. The normalized spacial score (nSPS) is 23.2. The fourth-order valence-corrected chi connectivity index (χ4v) is 1.45. The smallest absolute Gasteiger partial charge is 0.337 e. The summed E-state index contributed by atoms with van der Waals surface area (Å²) in [5.41, 5.74) is 0.735. The Hall–Kier alpha value is -1.05. The number of ether oxygens (including phenoxy) is 1. The van der Waals surface area contributed by atoms with Gasteiger partial charge in [0.25, 0.3) is 0 Å². The summed E-state index contributed by atoms with van der Waals surface area (Å²) >= 11 is 0. The molecule has 0 radical (unpaired) electrons. The van der Waals surface area contributed by atoms with Gasteiger partial charge in [0.05, 0.1) is 12.2 Å². The molecule has 15 heavy (non-hydrogen) atoms. The van der Waals surface area contributed by atoms with Crippen LogP contribution in [0.25, 0.3) is 0 Å². The first-order valence-corrected chi connectivity index (χ1v) is 5.83. The first-order chi connectivity index (χ1) is 7.27. The van der Waals surface area contributed by atoms with Gasteiger partial charge in [-0.1, -0.05) is 44.9 Å². The molecule has 2 aliphatic rings. The van der Waals surface area contributed by atoms with Crippen LogP contribution in [-0.2, 0) is 9.53 Å². The Bertz CT molecular complexity index is 260. The van der Waals surface area contributed by atoms with E-state index >= 15 is 0 Å². The zero-order valence-electron chi connectivity index (χ0n) is 9.66. The fourth-order valence-electron chi connectivity index (χ4n) is 1.45. The predicted molar refractivity (Wildman–Crippen MR) is 61.5 cm³/mol. The summed E-state index contributed by atoms with van der Waals surface area (Å²) in [7, 11) is 0. The van der Waals surface area contributed by atoms with Crippen LogP contribution in [0.1, 0.15) is 39.5 Å². The molecule has 2 rings (SSSR count). The van der Waals surface area contributed by atoms with Gasteiger partial charge in [-0.3, -0.25) is 0 Å². The molecule has 2 bridgehead atoms. The number of hydrogen-bond acceptors (Lipinski definition) is 2. The number of unbranched alkanes of at least 4 members (excludes halogenated alkanes) is 1. The van der Waals surface area contributed by atoms with E-state index in [4.69, 9.17) is 4.74 Å². The van der Waals surface area contributed by atoms with Crippen molar-refractivity contribution in [3.8, 4) is 0 Å². The lowest BCUT2D eigenvalue weighted by molar-refractivity contribution is -0.140. The third-order valence-electron chi connectivity index (χ3n) is 2.58. The SMILES string of the molecule is CCCC.O=C1OCC2C=C1C=CCC2. The number of esters is 1. The Kier molecular flexibility index (Phi) is 5.16. The molecule has 0 aromatic carbocycles. The van der Waals surface area contributed by atoms with Crippen LogP contribution >= 0.6 is 0 Å². The molecular formula is C13H20O2. The van der Waals surface area contributed by atoms with Crippen LogP contribution in [0.2, 0.25) is 0 Å². The highest BCUT2D eigenvalue weighted by molar-refractivity contribution is 5.92. The molecule has 0 aromatic rings. The minimum absolute atomic E-state index is 0.167. The van der Waals surface area contributed by atoms with Crippen molar-refractivity contribution in [2.45, 2.75) is 39.5 Å². The van der Waals surface area contributed by atoms with E-state index in [-0.39, 0.29) is 5.97 Å². The van der Waals surface area contributed by atoms with E-state index in [1.54, 1.807) is 0 Å². The lowest BCUT2D eigenvalue weighted by atomic mass is 10.0. The first kappa shape index (κ1) is 12.0. The summed E-state index contributed by atoms with van der Waals surface area (Å²) in [6, 6.07) is 0. The van der Waals surface area contributed by atoms with E-state index in [9.17, 15) is 4.79 Å². The third-order valence-corrected chi connectivity index (χ3v) is 2.58. The number of hydrogen-bond donors (Lipinski definition) is 0. The van der Waals surface area contributed by atoms with Crippen molar-refractivity contribution in [2.75, 3.05) is 6.61 Å². The molecule has 1 aliphatic heterocycles. The third kappa shape index (κ3) is 3.90. The molecule has 1 unspecified atom stereocenters. The summed E-state index contributed by atoms with van der Waals surface area (Å²) < 4.78 is 4.97. The molecule has 1 aliphatic carbocycles. The number of allylic oxidation sites excluding steroid dienone is 1. The van der Waals surface area contributed by atoms with Gasteiger partial charge < -0.3 is 4.74 Å². The van der Waals surface area contributed by atoms with Gasteiger partial charge in [0.1, 0.15) is 0 Å². The number of carbonyl (C=O) groups is 1. The quantitative estimate of drug-likeness (QED) is 0.618. The molecule has 0 aromatic heterocycles. The second kappa shape index (κ2) is 6.44. The first-order valence-electron chi connectivity index (χ1n) is 5.83. The van der Waals surface area contributed by atoms with Gasteiger partial charge in [-0.15, -0.1) is 0 Å². The van der Waals surface area contributed by atoms with Crippen LogP contribution in [0.15, 0.2) is 23.8 Å². The summed E-state index contributed by atoms with van der Waals surface area (Å²) in [6.45, 7) is 4.93. The minimum Gasteiger partial charge on any atom is -0.461 e. The lowest BCUT2D eigenvalue weighted by Crippen LogP contribution is -2.19. The van der Waals surface area contributed by atoms with Gasteiger partial charge in [-0.2, -0.15) is 0 Å². The zero-order valence-corrected chi connectivity index (χ0v) is 9.66. The largest absolute Gasteiger partial charge is 0.461 e. The molecule has 84 valence electrons. The molecule has 0 saturated carbocycles. The van der Waals surface area contributed by atoms with E-state index in [2.05, 4.69) is 13.8 Å². The molecule has 0 fully saturated rings. The zero-order chi connectivity index (χ0) is 11.1. The van der Waals surface area contributed by atoms with Gasteiger partial charge in [-0.05, 0) is 12.8 Å². The maximum atomic E-state index is 11.0. The molecule has 0 amide bonds. The van der Waals surface area contributed by atoms with Gasteiger partial charge in [0.2, 0.25) is 0 Å². The molecule has 2 nitrogen and oxygen atoms in total. The van der Waals surface area contributed by atoms with Crippen molar-refractivity contribution < 1.29 is 9.53 Å². The van der Waals surface area contributed by atoms with Crippen LogP contribution in [0.4, 0.5) is 0 Å². The standard InChI is InChI=1S/C9H10O2.C4H10/c10-9-8-4-2-1-3-7(5-8)6-11-9;1-3-4-2/h2,4-5,7H,1,3,6H2;3-4H2,1-2H3. The molecule has 0 saturated heterocycles. The van der Waals surface area contributed by atoms with Crippen LogP contribution in [0.3, 0.4) is 0 Å². The van der Waals surface area contributed by atoms with Crippen LogP contribution in [-0.4, -0.2) is 12.6 Å². The van der Waals surface area contributed by atoms with E-state index in [1.807, 2.05) is 18.2 Å². The molecule has 1 atom stereocenters. The minimum atomic E-state index is -0.167. The van der Waals surface area contributed by atoms with Crippen molar-refractivity contribution in [1.82, 2.24) is 0 Å². The van der Waals surface area contributed by atoms with Gasteiger partial charge in [0.15, 0.2) is 0 Å². The average Bonchev–Trinajstić information content (AvgIpc) is 2.47. The van der Waals surface area contributed by atoms with Crippen LogP contribution in [0, 0.1) is 5.92 Å². The van der Waals surface area contributed by atoms with E-state index in [1.165, 1.54) is 12.8 Å². The number of cyclic esters (lactones) is 1. The van der Waals surface area contributed by atoms with Crippen molar-refractivity contribution in [2.24, 2.45) is 5.92 Å². The van der Waals surface area contributed by atoms with E-state index in [0.717, 1.165) is 18.4 Å². The Morgan fingerprint density at radius 3 is 2.80 bits per heavy atom. The number of rotatable bonds is 1. The predicted octanol–water partition coefficient (Wildman–Crippen LogP) is 3.24. The molecule has 2 heteroatoms. The van der Waals surface area contributed by atoms with Crippen molar-refractivity contribution in [1.29, 1.82) is 0 Å². The van der Waals surface area contributed by atoms with Crippen LogP contribution in [0.5, 0.6) is 0 Å². The van der Waals surface area contributed by atoms with Crippen molar-refractivity contribution >= 4 is 5.97 Å². The number of fused-ring (bicyclic) bond motifs is 1. The number of carbonyl (C=O) groups excluding carboxylic acids is 1. The fraction of sp³-hybridized carbons (Fsp3) is 0.615. The van der Waals surface area contributed by atoms with Gasteiger partial charge in [-0.25, -0.2) is 4.79 Å². The second-order valence-electron chi connectivity index (χ2n) is 3.96. The molecule has 0 spiro atoms.